The smallest absolute Gasteiger partial charge is 0.340 e. The topological polar surface area (TPSA) is 229 Å². The predicted octanol–water partition coefficient (Wildman–Crippen LogP) is 4.71. The number of para-hydroxylation sites is 1. The Morgan fingerprint density at radius 1 is 0.786 bits per heavy atom. The van der Waals surface area contributed by atoms with Gasteiger partial charge in [0.1, 0.15) is 47.3 Å². The molecule has 1 aromatic carbocycles. The first-order valence-corrected chi connectivity index (χ1v) is 25.3. The van der Waals surface area contributed by atoms with Crippen LogP contribution in [0.5, 0.6) is 0 Å². The highest BCUT2D eigenvalue weighted by molar-refractivity contribution is 5.95. The quantitative estimate of drug-likeness (QED) is 0.126. The number of aliphatic hydroxyl groups is 4. The number of benzene rings is 1. The number of carbonyl (C=O) groups excluding carboxylic acids is 2. The molecular formula is C52H79NO17. The fraction of sp³-hybridized carbons (Fsp3) is 0.808. The molecule has 4 aliphatic carbocycles. The lowest BCUT2D eigenvalue weighted by molar-refractivity contribution is -0.339. The van der Waals surface area contributed by atoms with Crippen LogP contribution in [-0.2, 0) is 56.9 Å². The molecule has 18 heteroatoms. The Balaban J connectivity index is 0.923. The van der Waals surface area contributed by atoms with Crippen molar-refractivity contribution < 1.29 is 82.1 Å². The molecule has 3 heterocycles. The first kappa shape index (κ1) is 53.5. The summed E-state index contributed by atoms with van der Waals surface area (Å²) in [6, 6.07) is 6.89. The Bertz CT molecular complexity index is 2060. The molecule has 0 amide bonds. The van der Waals surface area contributed by atoms with Crippen molar-refractivity contribution in [3.05, 3.63) is 41.5 Å². The Hall–Kier alpha value is -2.82. The van der Waals surface area contributed by atoms with E-state index in [1.54, 1.807) is 73.4 Å². The van der Waals surface area contributed by atoms with Crippen LogP contribution in [0, 0.1) is 16.7 Å². The van der Waals surface area contributed by atoms with E-state index in [1.165, 1.54) is 6.92 Å². The van der Waals surface area contributed by atoms with Crippen LogP contribution in [0.3, 0.4) is 0 Å². The zero-order valence-electron chi connectivity index (χ0n) is 42.8. The maximum absolute atomic E-state index is 13.6. The van der Waals surface area contributed by atoms with Gasteiger partial charge >= 0.3 is 11.9 Å². The van der Waals surface area contributed by atoms with Gasteiger partial charge in [0.2, 0.25) is 0 Å². The molecule has 6 fully saturated rings. The second-order valence-electron chi connectivity index (χ2n) is 21.5. The van der Waals surface area contributed by atoms with Crippen molar-refractivity contribution in [1.82, 2.24) is 0 Å². The largest absolute Gasteiger partial charge is 0.462 e. The maximum Gasteiger partial charge on any atom is 0.340 e. The van der Waals surface area contributed by atoms with Crippen molar-refractivity contribution in [2.45, 2.75) is 222 Å². The van der Waals surface area contributed by atoms with Gasteiger partial charge in [0.25, 0.3) is 0 Å². The second kappa shape index (κ2) is 20.5. The molecule has 7 aliphatic rings. The highest BCUT2D eigenvalue weighted by atomic mass is 16.7. The van der Waals surface area contributed by atoms with Crippen LogP contribution < -0.4 is 5.32 Å². The zero-order valence-corrected chi connectivity index (χ0v) is 42.8. The highest BCUT2D eigenvalue weighted by Gasteiger charge is 2.81. The van der Waals surface area contributed by atoms with Gasteiger partial charge in [0, 0.05) is 66.2 Å². The Morgan fingerprint density at radius 2 is 1.36 bits per heavy atom. The number of carbonyl (C=O) groups is 2. The summed E-state index contributed by atoms with van der Waals surface area (Å²) >= 11 is 0. The molecule has 0 bridgehead atoms. The van der Waals surface area contributed by atoms with E-state index in [0.717, 1.165) is 5.57 Å². The molecule has 0 radical (unpaired) electrons. The summed E-state index contributed by atoms with van der Waals surface area (Å²) in [5.41, 5.74) is -5.89. The van der Waals surface area contributed by atoms with Gasteiger partial charge in [-0.05, 0) is 90.2 Å². The summed E-state index contributed by atoms with van der Waals surface area (Å²) in [6.07, 6.45) is -3.25. The zero-order chi connectivity index (χ0) is 50.7. The van der Waals surface area contributed by atoms with Gasteiger partial charge < -0.3 is 77.8 Å². The molecule has 3 saturated carbocycles. The van der Waals surface area contributed by atoms with Crippen LogP contribution >= 0.6 is 0 Å². The van der Waals surface area contributed by atoms with Gasteiger partial charge in [-0.25, -0.2) is 4.79 Å². The minimum Gasteiger partial charge on any atom is -0.462 e. The van der Waals surface area contributed by atoms with E-state index >= 15 is 0 Å². The number of esters is 2. The molecule has 0 spiro atoms. The van der Waals surface area contributed by atoms with E-state index in [9.17, 15) is 30.0 Å². The third-order valence-corrected chi connectivity index (χ3v) is 18.1. The van der Waals surface area contributed by atoms with Crippen molar-refractivity contribution >= 4 is 17.6 Å². The molecule has 3 aliphatic heterocycles. The van der Waals surface area contributed by atoms with Gasteiger partial charge in [-0.1, -0.05) is 37.6 Å². The summed E-state index contributed by atoms with van der Waals surface area (Å²) in [7, 11) is 6.53. The average molecular weight is 990 g/mol. The Kier molecular flexibility index (Phi) is 15.6. The molecule has 0 aromatic heterocycles. The lowest BCUT2D eigenvalue weighted by Gasteiger charge is -2.67. The monoisotopic (exact) mass is 990 g/mol. The van der Waals surface area contributed by atoms with Crippen LogP contribution in [0.25, 0.3) is 0 Å². The third-order valence-electron chi connectivity index (χ3n) is 18.1. The number of fused-ring (bicyclic) bond motifs is 5. The standard InChI is InChI=1S/C52H79NO17/c1-27-44(55)36(60-9)23-42(63-27)69-46-29(3)65-43(25-38(46)62-11)70-45-28(2)64-41(24-37(45)61-10)68-33-17-18-48(6)32(22-33)16-19-51(58)39(48)26-40(67-31(5)54)49(7)50(57,20-21-52(49,51)59)30(4)66-47(56)34-14-12-13-15-35(34)53-8/h12-16,27-30,33,36-46,53,55,57-59H,17-26H2,1-11H3/t27-,28-,29-,30+,33+,36-,37+,38+,39-,40-,41+,42+,43+,44-,45-,46-,48+,49-,50+,51+,52-/m1/s1. The molecule has 394 valence electrons. The van der Waals surface area contributed by atoms with Crippen LogP contribution in [-0.4, -0.2) is 170 Å². The first-order valence-electron chi connectivity index (χ1n) is 25.3. The van der Waals surface area contributed by atoms with Crippen LogP contribution in [0.15, 0.2) is 35.9 Å². The summed E-state index contributed by atoms with van der Waals surface area (Å²) in [4.78, 5) is 26.5. The van der Waals surface area contributed by atoms with Gasteiger partial charge in [-0.3, -0.25) is 4.79 Å². The lowest BCUT2D eigenvalue weighted by atomic mass is 9.42. The van der Waals surface area contributed by atoms with Crippen molar-refractivity contribution in [3.8, 4) is 0 Å². The average Bonchev–Trinajstić information content (AvgIpc) is 3.56. The third kappa shape index (κ3) is 9.06. The highest BCUT2D eigenvalue weighted by Crippen LogP contribution is 2.71. The molecular weight excluding hydrogens is 911 g/mol. The van der Waals surface area contributed by atoms with E-state index in [1.807, 2.05) is 19.9 Å². The number of hydrogen-bond donors (Lipinski definition) is 5. The molecule has 0 unspecified atom stereocenters. The number of ether oxygens (including phenoxy) is 11. The SMILES string of the molecule is CNc1ccccc1C(=O)O[C@@H](C)[C@@]1(O)CC[C@@]2(O)[C@]1(C)[C@H](OC(C)=O)C[C@@H]1[C@@]3(C)CC[C@H](O[C@H]4C[C@H](OC)[C@H](O[C@H]5C[C@H](OC)[C@H](O[C@H]6C[C@@H](OC)[C@H](O)[C@@H](C)O6)[C@@H](C)O5)[C@@H](C)O4)CC3=CC[C@]12O. The van der Waals surface area contributed by atoms with Crippen LogP contribution in [0.4, 0.5) is 5.69 Å². The van der Waals surface area contributed by atoms with E-state index in [-0.39, 0.29) is 49.6 Å². The van der Waals surface area contributed by atoms with E-state index < -0.39 is 119 Å². The van der Waals surface area contributed by atoms with Crippen LogP contribution in [0.1, 0.15) is 123 Å². The number of aliphatic hydroxyl groups excluding tert-OH is 1. The molecule has 8 rings (SSSR count). The normalized spacial score (nSPS) is 46.4. The molecule has 3 saturated heterocycles. The second-order valence-corrected chi connectivity index (χ2v) is 21.5. The maximum atomic E-state index is 13.6. The fourth-order valence-corrected chi connectivity index (χ4v) is 13.9. The number of anilines is 1. The van der Waals surface area contributed by atoms with Crippen molar-refractivity contribution in [3.63, 3.8) is 0 Å². The van der Waals surface area contributed by atoms with E-state index in [4.69, 9.17) is 52.1 Å². The van der Waals surface area contributed by atoms with Crippen molar-refractivity contribution in [1.29, 1.82) is 0 Å². The molecule has 5 N–H and O–H groups in total. The summed E-state index contributed by atoms with van der Waals surface area (Å²) in [6.45, 7) is 12.3. The fourth-order valence-electron chi connectivity index (χ4n) is 13.9. The molecule has 21 atom stereocenters. The Labute approximate surface area is 412 Å². The molecule has 70 heavy (non-hydrogen) atoms. The Morgan fingerprint density at radius 3 is 1.94 bits per heavy atom. The van der Waals surface area contributed by atoms with Crippen molar-refractivity contribution in [2.24, 2.45) is 16.7 Å². The van der Waals surface area contributed by atoms with Gasteiger partial charge in [-0.2, -0.15) is 0 Å². The number of hydrogen-bond acceptors (Lipinski definition) is 18. The van der Waals surface area contributed by atoms with Gasteiger partial charge in [0.05, 0.1) is 53.7 Å². The summed E-state index contributed by atoms with van der Waals surface area (Å²) in [5, 5.41) is 52.5. The van der Waals surface area contributed by atoms with E-state index in [2.05, 4.69) is 12.2 Å². The molecule has 1 aromatic rings. The number of nitrogens with one attached hydrogen (secondary N) is 1. The summed E-state index contributed by atoms with van der Waals surface area (Å²) < 4.78 is 68.1. The number of methoxy groups -OCH3 is 3. The van der Waals surface area contributed by atoms with Crippen LogP contribution in [0.2, 0.25) is 0 Å². The lowest BCUT2D eigenvalue weighted by Crippen LogP contribution is -2.78. The molecule has 18 nitrogen and oxygen atoms in total. The summed E-state index contributed by atoms with van der Waals surface area (Å²) in [5.74, 6) is -1.80. The van der Waals surface area contributed by atoms with Gasteiger partial charge in [-0.15, -0.1) is 0 Å². The van der Waals surface area contributed by atoms with E-state index in [0.29, 0.717) is 44.2 Å². The predicted molar refractivity (Wildman–Crippen MR) is 251 cm³/mol. The first-order chi connectivity index (χ1) is 33.1. The van der Waals surface area contributed by atoms with Gasteiger partial charge in [0.15, 0.2) is 18.9 Å². The van der Waals surface area contributed by atoms with Crippen molar-refractivity contribution in [2.75, 3.05) is 33.7 Å². The minimum absolute atomic E-state index is 0.0130. The minimum atomic E-state index is -1.94. The number of rotatable bonds is 14.